The van der Waals surface area contributed by atoms with Gasteiger partial charge in [-0.1, -0.05) is 0 Å². The first-order valence-corrected chi connectivity index (χ1v) is 6.31. The SMILES string of the molecule is CSc1cc(N)cc2c(CO)csc12. The van der Waals surface area contributed by atoms with E-state index in [-0.39, 0.29) is 6.61 Å². The molecule has 0 unspecified atom stereocenters. The molecular formula is C10H11NOS2. The molecule has 4 heteroatoms. The molecule has 0 saturated heterocycles. The summed E-state index contributed by atoms with van der Waals surface area (Å²) in [6, 6.07) is 3.90. The van der Waals surface area contributed by atoms with Crippen molar-refractivity contribution in [3.63, 3.8) is 0 Å². The number of anilines is 1. The predicted molar refractivity (Wildman–Crippen MR) is 63.9 cm³/mol. The second kappa shape index (κ2) is 3.81. The van der Waals surface area contributed by atoms with Crippen molar-refractivity contribution in [1.82, 2.24) is 0 Å². The normalized spacial score (nSPS) is 11.0. The fraction of sp³-hybridized carbons (Fsp3) is 0.200. The highest BCUT2D eigenvalue weighted by Gasteiger charge is 2.07. The van der Waals surface area contributed by atoms with Gasteiger partial charge in [0.15, 0.2) is 0 Å². The molecule has 0 aliphatic rings. The Balaban J connectivity index is 2.76. The Labute approximate surface area is 90.7 Å². The Morgan fingerprint density at radius 3 is 2.93 bits per heavy atom. The Kier molecular flexibility index (Phi) is 2.67. The van der Waals surface area contributed by atoms with Gasteiger partial charge in [0.25, 0.3) is 0 Å². The number of benzene rings is 1. The minimum absolute atomic E-state index is 0.0806. The van der Waals surface area contributed by atoms with Gasteiger partial charge in [0.2, 0.25) is 0 Å². The molecule has 0 bridgehead atoms. The highest BCUT2D eigenvalue weighted by atomic mass is 32.2. The van der Waals surface area contributed by atoms with Gasteiger partial charge in [0.05, 0.1) is 6.61 Å². The Morgan fingerprint density at radius 2 is 2.29 bits per heavy atom. The van der Waals surface area contributed by atoms with E-state index in [9.17, 15) is 0 Å². The van der Waals surface area contributed by atoms with E-state index in [1.807, 2.05) is 23.8 Å². The molecule has 0 aliphatic carbocycles. The summed E-state index contributed by atoms with van der Waals surface area (Å²) in [6.07, 6.45) is 2.03. The lowest BCUT2D eigenvalue weighted by molar-refractivity contribution is 0.284. The van der Waals surface area contributed by atoms with E-state index in [4.69, 9.17) is 10.8 Å². The molecule has 0 saturated carbocycles. The summed E-state index contributed by atoms with van der Waals surface area (Å²) in [6.45, 7) is 0.0806. The number of fused-ring (bicyclic) bond motifs is 1. The lowest BCUT2D eigenvalue weighted by atomic mass is 10.2. The number of nitrogens with two attached hydrogens (primary N) is 1. The Bertz CT molecular complexity index is 464. The van der Waals surface area contributed by atoms with Crippen LogP contribution in [-0.4, -0.2) is 11.4 Å². The molecule has 0 amide bonds. The molecule has 2 rings (SSSR count). The van der Waals surface area contributed by atoms with Crippen molar-refractivity contribution in [2.75, 3.05) is 12.0 Å². The van der Waals surface area contributed by atoms with Gasteiger partial charge in [0, 0.05) is 20.7 Å². The predicted octanol–water partition coefficient (Wildman–Crippen LogP) is 2.70. The number of thiophene rings is 1. The van der Waals surface area contributed by atoms with E-state index in [1.54, 1.807) is 23.1 Å². The van der Waals surface area contributed by atoms with Gasteiger partial charge in [-0.05, 0) is 29.3 Å². The topological polar surface area (TPSA) is 46.2 Å². The molecule has 1 heterocycles. The summed E-state index contributed by atoms with van der Waals surface area (Å²) in [4.78, 5) is 1.18. The van der Waals surface area contributed by atoms with Crippen molar-refractivity contribution in [2.45, 2.75) is 11.5 Å². The van der Waals surface area contributed by atoms with Gasteiger partial charge in [-0.15, -0.1) is 23.1 Å². The molecule has 2 aromatic rings. The molecule has 0 radical (unpaired) electrons. The maximum absolute atomic E-state index is 9.14. The van der Waals surface area contributed by atoms with E-state index in [0.717, 1.165) is 16.6 Å². The number of hydrogen-bond acceptors (Lipinski definition) is 4. The van der Waals surface area contributed by atoms with Crippen molar-refractivity contribution in [1.29, 1.82) is 0 Å². The number of thioether (sulfide) groups is 1. The van der Waals surface area contributed by atoms with E-state index in [1.165, 1.54) is 9.60 Å². The fourth-order valence-corrected chi connectivity index (χ4v) is 3.35. The highest BCUT2D eigenvalue weighted by Crippen LogP contribution is 2.35. The minimum atomic E-state index is 0.0806. The number of rotatable bonds is 2. The highest BCUT2D eigenvalue weighted by molar-refractivity contribution is 7.99. The summed E-state index contributed by atoms with van der Waals surface area (Å²) in [7, 11) is 0. The van der Waals surface area contributed by atoms with Crippen LogP contribution >= 0.6 is 23.1 Å². The van der Waals surface area contributed by atoms with Crippen LogP contribution in [0, 0.1) is 0 Å². The monoisotopic (exact) mass is 225 g/mol. The first-order chi connectivity index (χ1) is 6.76. The van der Waals surface area contributed by atoms with Gasteiger partial charge in [0.1, 0.15) is 0 Å². The molecule has 3 N–H and O–H groups in total. The second-order valence-electron chi connectivity index (χ2n) is 3.02. The average Bonchev–Trinajstić information content (AvgIpc) is 2.59. The zero-order valence-corrected chi connectivity index (χ0v) is 9.41. The standard InChI is InChI=1S/C10H11NOS2/c1-13-9-3-7(11)2-8-6(4-12)5-14-10(8)9/h2-3,5,12H,4,11H2,1H3. The van der Waals surface area contributed by atoms with E-state index in [0.29, 0.717) is 0 Å². The molecule has 0 aliphatic heterocycles. The van der Waals surface area contributed by atoms with Crippen LogP contribution < -0.4 is 5.73 Å². The molecule has 74 valence electrons. The first kappa shape index (κ1) is 9.83. The van der Waals surface area contributed by atoms with Gasteiger partial charge >= 0.3 is 0 Å². The van der Waals surface area contributed by atoms with Crippen LogP contribution in [0.15, 0.2) is 22.4 Å². The van der Waals surface area contributed by atoms with Crippen molar-refractivity contribution in [3.8, 4) is 0 Å². The van der Waals surface area contributed by atoms with Crippen molar-refractivity contribution < 1.29 is 5.11 Å². The minimum Gasteiger partial charge on any atom is -0.399 e. The summed E-state index contributed by atoms with van der Waals surface area (Å²) in [5, 5.41) is 12.2. The summed E-state index contributed by atoms with van der Waals surface area (Å²) in [5.41, 5.74) is 7.52. The molecule has 2 nitrogen and oxygen atoms in total. The van der Waals surface area contributed by atoms with Gasteiger partial charge < -0.3 is 10.8 Å². The van der Waals surface area contributed by atoms with Crippen LogP contribution in [0.25, 0.3) is 10.1 Å². The maximum atomic E-state index is 9.14. The van der Waals surface area contributed by atoms with E-state index in [2.05, 4.69) is 0 Å². The van der Waals surface area contributed by atoms with Crippen LogP contribution in [0.4, 0.5) is 5.69 Å². The van der Waals surface area contributed by atoms with Crippen molar-refractivity contribution in [2.24, 2.45) is 0 Å². The Morgan fingerprint density at radius 1 is 1.50 bits per heavy atom. The van der Waals surface area contributed by atoms with Crippen LogP contribution in [0.3, 0.4) is 0 Å². The third kappa shape index (κ3) is 1.49. The van der Waals surface area contributed by atoms with E-state index >= 15 is 0 Å². The third-order valence-electron chi connectivity index (χ3n) is 2.13. The summed E-state index contributed by atoms with van der Waals surface area (Å²) < 4.78 is 1.22. The van der Waals surface area contributed by atoms with Crippen LogP contribution in [0.5, 0.6) is 0 Å². The molecule has 1 aromatic heterocycles. The number of aliphatic hydroxyl groups excluding tert-OH is 1. The smallest absolute Gasteiger partial charge is 0.0696 e. The third-order valence-corrected chi connectivity index (χ3v) is 4.10. The Hall–Kier alpha value is -0.710. The van der Waals surface area contributed by atoms with Crippen molar-refractivity contribution >= 4 is 38.9 Å². The largest absolute Gasteiger partial charge is 0.399 e. The number of nitrogen functional groups attached to an aromatic ring is 1. The average molecular weight is 225 g/mol. The van der Waals surface area contributed by atoms with Crippen LogP contribution in [0.2, 0.25) is 0 Å². The van der Waals surface area contributed by atoms with Crippen LogP contribution in [0.1, 0.15) is 5.56 Å². The maximum Gasteiger partial charge on any atom is 0.0696 e. The van der Waals surface area contributed by atoms with Gasteiger partial charge in [-0.3, -0.25) is 0 Å². The lowest BCUT2D eigenvalue weighted by Gasteiger charge is -2.02. The lowest BCUT2D eigenvalue weighted by Crippen LogP contribution is -1.86. The number of hydrogen-bond donors (Lipinski definition) is 2. The molecule has 0 spiro atoms. The molecule has 0 fully saturated rings. The van der Waals surface area contributed by atoms with Gasteiger partial charge in [-0.25, -0.2) is 0 Å². The summed E-state index contributed by atoms with van der Waals surface area (Å²) >= 11 is 3.35. The molecule has 1 aromatic carbocycles. The van der Waals surface area contributed by atoms with E-state index < -0.39 is 0 Å². The second-order valence-corrected chi connectivity index (χ2v) is 4.75. The summed E-state index contributed by atoms with van der Waals surface area (Å²) in [5.74, 6) is 0. The molecule has 14 heavy (non-hydrogen) atoms. The zero-order valence-electron chi connectivity index (χ0n) is 7.78. The van der Waals surface area contributed by atoms with Crippen molar-refractivity contribution in [3.05, 3.63) is 23.1 Å². The fourth-order valence-electron chi connectivity index (χ4n) is 1.45. The quantitative estimate of drug-likeness (QED) is 0.610. The first-order valence-electron chi connectivity index (χ1n) is 4.20. The number of aliphatic hydroxyl groups is 1. The van der Waals surface area contributed by atoms with Gasteiger partial charge in [-0.2, -0.15) is 0 Å². The molecule has 0 atom stereocenters. The zero-order chi connectivity index (χ0) is 10.1. The van der Waals surface area contributed by atoms with Crippen LogP contribution in [-0.2, 0) is 6.61 Å². The molecular weight excluding hydrogens is 214 g/mol.